The molecule has 0 bridgehead atoms. The van der Waals surface area contributed by atoms with E-state index in [0.29, 0.717) is 12.8 Å². The first-order valence-electron chi connectivity index (χ1n) is 32.8. The second-order valence-electron chi connectivity index (χ2n) is 22.2. The first-order valence-corrected chi connectivity index (χ1v) is 32.8. The van der Waals surface area contributed by atoms with Crippen molar-refractivity contribution in [2.24, 2.45) is 0 Å². The van der Waals surface area contributed by atoms with Crippen molar-refractivity contribution >= 4 is 11.9 Å². The van der Waals surface area contributed by atoms with Crippen LogP contribution in [0, 0.1) is 0 Å². The van der Waals surface area contributed by atoms with Crippen LogP contribution in [-0.2, 0) is 19.1 Å². The summed E-state index contributed by atoms with van der Waals surface area (Å²) in [5, 5.41) is 9.69. The quantitative estimate of drug-likeness (QED) is 0.0373. The molecule has 0 spiro atoms. The van der Waals surface area contributed by atoms with Gasteiger partial charge in [0.1, 0.15) is 6.61 Å². The number of hydrogen-bond donors (Lipinski definition) is 1. The number of allylic oxidation sites excluding steroid dienone is 10. The van der Waals surface area contributed by atoms with E-state index in [1.54, 1.807) is 0 Å². The van der Waals surface area contributed by atoms with E-state index in [9.17, 15) is 14.7 Å². The molecule has 1 atom stereocenters. The van der Waals surface area contributed by atoms with E-state index in [4.69, 9.17) is 9.47 Å². The zero-order valence-corrected chi connectivity index (χ0v) is 49.6. The molecule has 74 heavy (non-hydrogen) atoms. The maximum absolute atomic E-state index is 12.3. The lowest BCUT2D eigenvalue weighted by atomic mass is 10.0. The predicted octanol–water partition coefficient (Wildman–Crippen LogP) is 22.5. The third-order valence-corrected chi connectivity index (χ3v) is 14.8. The molecule has 0 aromatic rings. The van der Waals surface area contributed by atoms with Gasteiger partial charge in [0, 0.05) is 12.8 Å². The van der Waals surface area contributed by atoms with Crippen LogP contribution in [0.4, 0.5) is 0 Å². The van der Waals surface area contributed by atoms with Gasteiger partial charge in [-0.25, -0.2) is 0 Å². The van der Waals surface area contributed by atoms with E-state index in [-0.39, 0.29) is 25.2 Å². The Kier molecular flexibility index (Phi) is 62.8. The van der Waals surface area contributed by atoms with Gasteiger partial charge in [-0.3, -0.25) is 9.59 Å². The topological polar surface area (TPSA) is 72.8 Å². The van der Waals surface area contributed by atoms with Crippen LogP contribution in [-0.4, -0.2) is 36.4 Å². The Morgan fingerprint density at radius 1 is 0.311 bits per heavy atom. The first-order chi connectivity index (χ1) is 36.6. The molecule has 0 saturated heterocycles. The van der Waals surface area contributed by atoms with E-state index < -0.39 is 6.10 Å². The van der Waals surface area contributed by atoms with Crippen molar-refractivity contribution < 1.29 is 24.2 Å². The zero-order valence-electron chi connectivity index (χ0n) is 49.6. The summed E-state index contributed by atoms with van der Waals surface area (Å²) < 4.78 is 10.8. The van der Waals surface area contributed by atoms with Gasteiger partial charge in [0.25, 0.3) is 0 Å². The fraction of sp³-hybridized carbons (Fsp3) is 0.826. The molecule has 1 N–H and O–H groups in total. The normalized spacial score (nSPS) is 12.5. The molecule has 0 aliphatic carbocycles. The highest BCUT2D eigenvalue weighted by Gasteiger charge is 2.16. The molecule has 0 saturated carbocycles. The lowest BCUT2D eigenvalue weighted by Crippen LogP contribution is -2.28. The average Bonchev–Trinajstić information content (AvgIpc) is 3.40. The molecule has 5 nitrogen and oxygen atoms in total. The summed E-state index contributed by atoms with van der Waals surface area (Å²) in [6, 6.07) is 0. The lowest BCUT2D eigenvalue weighted by molar-refractivity contribution is -0.161. The standard InChI is InChI=1S/C69H126O5/c1-3-5-7-9-11-13-15-17-19-21-23-25-27-29-31-33-34-36-37-39-41-43-45-47-49-51-53-55-57-59-61-63-68(71)73-66-67(65-70)74-69(72)64-62-60-58-56-54-52-50-48-46-44-42-40-38-35-32-30-28-26-24-22-20-18-16-14-12-10-8-6-4-2/h15-18,21-24,28,30,67,70H,3-14,19-20,25-27,29,31-66H2,1-2H3/b17-15-,18-16-,23-21-,24-22-,30-28-. The van der Waals surface area contributed by atoms with Crippen molar-refractivity contribution in [3.8, 4) is 0 Å². The van der Waals surface area contributed by atoms with Crippen LogP contribution in [0.1, 0.15) is 348 Å². The summed E-state index contributed by atoms with van der Waals surface area (Å²) in [5.41, 5.74) is 0. The number of aliphatic hydroxyl groups is 1. The van der Waals surface area contributed by atoms with Crippen molar-refractivity contribution in [2.75, 3.05) is 13.2 Å². The van der Waals surface area contributed by atoms with E-state index in [2.05, 4.69) is 74.6 Å². The van der Waals surface area contributed by atoms with Crippen LogP contribution >= 0.6 is 0 Å². The number of esters is 2. The summed E-state index contributed by atoms with van der Waals surface area (Å²) in [5.74, 6) is -0.575. The Morgan fingerprint density at radius 2 is 0.541 bits per heavy atom. The molecule has 0 rings (SSSR count). The van der Waals surface area contributed by atoms with Gasteiger partial charge in [-0.05, 0) is 83.5 Å². The smallest absolute Gasteiger partial charge is 0.306 e. The SMILES string of the molecule is CCCCCCC/C=C\C/C=C\C/C=C\CCCCCCCCCCCCCCCCC(=O)OC(CO)COC(=O)CCCCCCCCCCCCCCCCCCCCC/C=C\C/C=C\CCCCCCC. The Hall–Kier alpha value is -2.40. The summed E-state index contributed by atoms with van der Waals surface area (Å²) in [7, 11) is 0. The maximum Gasteiger partial charge on any atom is 0.306 e. The third kappa shape index (κ3) is 62.1. The molecule has 1 unspecified atom stereocenters. The van der Waals surface area contributed by atoms with Gasteiger partial charge < -0.3 is 14.6 Å². The van der Waals surface area contributed by atoms with Gasteiger partial charge in [0.2, 0.25) is 0 Å². The highest BCUT2D eigenvalue weighted by atomic mass is 16.6. The largest absolute Gasteiger partial charge is 0.462 e. The van der Waals surface area contributed by atoms with Crippen LogP contribution in [0.15, 0.2) is 60.8 Å². The third-order valence-electron chi connectivity index (χ3n) is 14.8. The molecule has 0 aromatic heterocycles. The fourth-order valence-electron chi connectivity index (χ4n) is 9.83. The number of rotatable bonds is 61. The van der Waals surface area contributed by atoms with Crippen molar-refractivity contribution in [1.82, 2.24) is 0 Å². The number of carbonyl (C=O) groups excluding carboxylic acids is 2. The zero-order chi connectivity index (χ0) is 53.4. The summed E-state index contributed by atoms with van der Waals surface area (Å²) in [6.45, 7) is 4.16. The number of carbonyl (C=O) groups is 2. The molecular formula is C69H126O5. The van der Waals surface area contributed by atoms with Gasteiger partial charge >= 0.3 is 11.9 Å². The van der Waals surface area contributed by atoms with Crippen molar-refractivity contribution in [1.29, 1.82) is 0 Å². The lowest BCUT2D eigenvalue weighted by Gasteiger charge is -2.15. The number of unbranched alkanes of at least 4 members (excludes halogenated alkanes) is 43. The first kappa shape index (κ1) is 71.6. The molecule has 0 amide bonds. The second kappa shape index (κ2) is 64.9. The highest BCUT2D eigenvalue weighted by Crippen LogP contribution is 2.18. The van der Waals surface area contributed by atoms with E-state index in [0.717, 1.165) is 57.8 Å². The van der Waals surface area contributed by atoms with Crippen LogP contribution in [0.5, 0.6) is 0 Å². The van der Waals surface area contributed by atoms with Crippen LogP contribution < -0.4 is 0 Å². The molecular weight excluding hydrogens is 909 g/mol. The van der Waals surface area contributed by atoms with Crippen LogP contribution in [0.3, 0.4) is 0 Å². The van der Waals surface area contributed by atoms with Crippen LogP contribution in [0.2, 0.25) is 0 Å². The molecule has 0 aromatic carbocycles. The van der Waals surface area contributed by atoms with E-state index in [1.807, 2.05) is 0 Å². The molecule has 5 heteroatoms. The van der Waals surface area contributed by atoms with Crippen molar-refractivity contribution in [3.05, 3.63) is 60.8 Å². The van der Waals surface area contributed by atoms with Gasteiger partial charge in [0.15, 0.2) is 6.10 Å². The van der Waals surface area contributed by atoms with Crippen molar-refractivity contribution in [3.63, 3.8) is 0 Å². The minimum Gasteiger partial charge on any atom is -0.462 e. The average molecular weight is 1040 g/mol. The fourth-order valence-corrected chi connectivity index (χ4v) is 9.83. The minimum absolute atomic E-state index is 0.0632. The summed E-state index contributed by atoms with van der Waals surface area (Å²) in [6.07, 6.45) is 88.0. The molecule has 0 fully saturated rings. The van der Waals surface area contributed by atoms with Gasteiger partial charge in [0.05, 0.1) is 6.61 Å². The van der Waals surface area contributed by atoms with Crippen LogP contribution in [0.25, 0.3) is 0 Å². The number of hydrogen-bond acceptors (Lipinski definition) is 5. The molecule has 0 aliphatic rings. The molecule has 432 valence electrons. The van der Waals surface area contributed by atoms with E-state index >= 15 is 0 Å². The Balaban J connectivity index is 3.43. The Labute approximate surface area is 461 Å². The van der Waals surface area contributed by atoms with Gasteiger partial charge in [-0.1, -0.05) is 312 Å². The number of aliphatic hydroxyl groups excluding tert-OH is 1. The van der Waals surface area contributed by atoms with Gasteiger partial charge in [-0.2, -0.15) is 0 Å². The second-order valence-corrected chi connectivity index (χ2v) is 22.2. The summed E-state index contributed by atoms with van der Waals surface area (Å²) in [4.78, 5) is 24.6. The van der Waals surface area contributed by atoms with E-state index in [1.165, 1.54) is 263 Å². The molecule has 0 radical (unpaired) electrons. The number of ether oxygens (including phenoxy) is 2. The monoisotopic (exact) mass is 1030 g/mol. The minimum atomic E-state index is -0.774. The predicted molar refractivity (Wildman–Crippen MR) is 325 cm³/mol. The Bertz CT molecular complexity index is 1260. The summed E-state index contributed by atoms with van der Waals surface area (Å²) >= 11 is 0. The maximum atomic E-state index is 12.3. The van der Waals surface area contributed by atoms with Crippen molar-refractivity contribution in [2.45, 2.75) is 354 Å². The van der Waals surface area contributed by atoms with Gasteiger partial charge in [-0.15, -0.1) is 0 Å². The Morgan fingerprint density at radius 3 is 0.811 bits per heavy atom. The molecule has 0 aliphatic heterocycles. The highest BCUT2D eigenvalue weighted by molar-refractivity contribution is 5.70. The molecule has 0 heterocycles.